The number of rotatable bonds is 5. The van der Waals surface area contributed by atoms with E-state index in [-0.39, 0.29) is 23.5 Å². The minimum atomic E-state index is -1.15. The van der Waals surface area contributed by atoms with Gasteiger partial charge in [-0.15, -0.1) is 0 Å². The van der Waals surface area contributed by atoms with Gasteiger partial charge in [0.05, 0.1) is 10.5 Å². The van der Waals surface area contributed by atoms with E-state index in [9.17, 15) is 14.9 Å². The highest BCUT2D eigenvalue weighted by Crippen LogP contribution is 2.27. The van der Waals surface area contributed by atoms with E-state index in [0.717, 1.165) is 5.56 Å². The van der Waals surface area contributed by atoms with Crippen LogP contribution in [-0.4, -0.2) is 16.0 Å². The van der Waals surface area contributed by atoms with E-state index in [1.54, 1.807) is 24.3 Å². The van der Waals surface area contributed by atoms with Crippen LogP contribution >= 0.6 is 11.6 Å². The molecular formula is C14H11ClN2O4. The summed E-state index contributed by atoms with van der Waals surface area (Å²) in [7, 11) is 0. The first kappa shape index (κ1) is 14.8. The van der Waals surface area contributed by atoms with Crippen LogP contribution in [0.3, 0.4) is 0 Å². The highest BCUT2D eigenvalue weighted by atomic mass is 35.5. The molecule has 0 unspecified atom stereocenters. The fourth-order valence-electron chi connectivity index (χ4n) is 1.80. The third-order valence-corrected chi connectivity index (χ3v) is 3.24. The van der Waals surface area contributed by atoms with Crippen LogP contribution in [-0.2, 0) is 6.54 Å². The molecule has 0 bridgehead atoms. The van der Waals surface area contributed by atoms with Gasteiger partial charge >= 0.3 is 5.97 Å². The predicted molar refractivity (Wildman–Crippen MR) is 78.8 cm³/mol. The molecule has 2 aromatic rings. The normalized spacial score (nSPS) is 10.1. The lowest BCUT2D eigenvalue weighted by atomic mass is 10.1. The Morgan fingerprint density at radius 1 is 1.29 bits per heavy atom. The Hall–Kier alpha value is -2.60. The van der Waals surface area contributed by atoms with Crippen LogP contribution in [0, 0.1) is 10.1 Å². The maximum absolute atomic E-state index is 11.0. The Bertz CT molecular complexity index is 703. The van der Waals surface area contributed by atoms with Crippen molar-refractivity contribution in [3.05, 3.63) is 68.7 Å². The largest absolute Gasteiger partial charge is 0.478 e. The molecule has 0 aliphatic heterocycles. The number of carbonyl (C=O) groups is 1. The Balaban J connectivity index is 2.29. The van der Waals surface area contributed by atoms with Gasteiger partial charge in [0.2, 0.25) is 0 Å². The lowest BCUT2D eigenvalue weighted by molar-refractivity contribution is -0.384. The van der Waals surface area contributed by atoms with E-state index in [4.69, 9.17) is 16.7 Å². The van der Waals surface area contributed by atoms with Crippen molar-refractivity contribution < 1.29 is 14.8 Å². The summed E-state index contributed by atoms with van der Waals surface area (Å²) in [6.45, 7) is 0.254. The molecule has 0 aliphatic rings. The van der Waals surface area contributed by atoms with Crippen molar-refractivity contribution in [3.63, 3.8) is 0 Å². The number of nitro groups is 1. The van der Waals surface area contributed by atoms with Crippen LogP contribution in [0.2, 0.25) is 5.02 Å². The molecule has 108 valence electrons. The Labute approximate surface area is 125 Å². The van der Waals surface area contributed by atoms with Gasteiger partial charge in [-0.25, -0.2) is 4.79 Å². The summed E-state index contributed by atoms with van der Waals surface area (Å²) in [6, 6.07) is 10.7. The van der Waals surface area contributed by atoms with Crippen LogP contribution in [0.25, 0.3) is 0 Å². The third kappa shape index (κ3) is 3.49. The molecule has 0 aromatic heterocycles. The van der Waals surface area contributed by atoms with Gasteiger partial charge in [-0.2, -0.15) is 0 Å². The fraction of sp³-hybridized carbons (Fsp3) is 0.0714. The van der Waals surface area contributed by atoms with Crippen molar-refractivity contribution in [3.8, 4) is 0 Å². The number of nitro benzene ring substituents is 1. The summed E-state index contributed by atoms with van der Waals surface area (Å²) in [4.78, 5) is 21.3. The summed E-state index contributed by atoms with van der Waals surface area (Å²) in [5.74, 6) is -1.15. The number of hydrogen-bond acceptors (Lipinski definition) is 4. The monoisotopic (exact) mass is 306 g/mol. The van der Waals surface area contributed by atoms with Gasteiger partial charge in [-0.3, -0.25) is 10.1 Å². The van der Waals surface area contributed by atoms with E-state index >= 15 is 0 Å². The van der Waals surface area contributed by atoms with Crippen LogP contribution in [0.4, 0.5) is 11.4 Å². The van der Waals surface area contributed by atoms with Gasteiger partial charge in [-0.05, 0) is 23.8 Å². The first-order valence-electron chi connectivity index (χ1n) is 5.98. The number of nitrogens with zero attached hydrogens (tertiary/aromatic N) is 1. The highest BCUT2D eigenvalue weighted by Gasteiger charge is 2.16. The van der Waals surface area contributed by atoms with Gasteiger partial charge in [0.25, 0.3) is 5.69 Å². The number of carboxylic acids is 1. The second kappa shape index (κ2) is 6.23. The fourth-order valence-corrected chi connectivity index (χ4v) is 2.00. The van der Waals surface area contributed by atoms with Crippen molar-refractivity contribution in [1.29, 1.82) is 0 Å². The van der Waals surface area contributed by atoms with E-state index in [2.05, 4.69) is 5.32 Å². The predicted octanol–water partition coefficient (Wildman–Crippen LogP) is 3.56. The summed E-state index contributed by atoms with van der Waals surface area (Å²) in [6.07, 6.45) is 0. The minimum absolute atomic E-state index is 0.0257. The van der Waals surface area contributed by atoms with Gasteiger partial charge in [0.1, 0.15) is 5.69 Å². The topological polar surface area (TPSA) is 92.5 Å². The number of halogens is 1. The Morgan fingerprint density at radius 2 is 2.00 bits per heavy atom. The van der Waals surface area contributed by atoms with Crippen molar-refractivity contribution in [2.45, 2.75) is 6.54 Å². The molecule has 0 saturated heterocycles. The molecule has 0 amide bonds. The molecule has 21 heavy (non-hydrogen) atoms. The Morgan fingerprint density at radius 3 is 2.62 bits per heavy atom. The number of benzene rings is 2. The smallest absolute Gasteiger partial charge is 0.335 e. The van der Waals surface area contributed by atoms with Crippen LogP contribution in [0.15, 0.2) is 42.5 Å². The number of hydrogen-bond donors (Lipinski definition) is 2. The molecule has 0 spiro atoms. The number of aromatic carboxylic acids is 1. The lowest BCUT2D eigenvalue weighted by Crippen LogP contribution is -2.05. The molecule has 0 heterocycles. The van der Waals surface area contributed by atoms with Crippen molar-refractivity contribution >= 4 is 28.9 Å². The minimum Gasteiger partial charge on any atom is -0.478 e. The standard InChI is InChI=1S/C14H11ClN2O4/c15-11-4-2-1-3-10(11)8-16-12-7-9(14(18)19)5-6-13(12)17(20)21/h1-7,16H,8H2,(H,18,19). The molecule has 0 saturated carbocycles. The molecule has 0 radical (unpaired) electrons. The zero-order valence-electron chi connectivity index (χ0n) is 10.7. The first-order valence-corrected chi connectivity index (χ1v) is 6.36. The van der Waals surface area contributed by atoms with Crippen LogP contribution < -0.4 is 5.32 Å². The number of nitrogens with one attached hydrogen (secondary N) is 1. The van der Waals surface area contributed by atoms with Gasteiger partial charge in [-0.1, -0.05) is 29.8 Å². The van der Waals surface area contributed by atoms with Crippen LogP contribution in [0.5, 0.6) is 0 Å². The molecule has 0 atom stereocenters. The van der Waals surface area contributed by atoms with E-state index in [1.165, 1.54) is 18.2 Å². The van der Waals surface area contributed by atoms with E-state index in [0.29, 0.717) is 5.02 Å². The van der Waals surface area contributed by atoms with Gasteiger partial charge in [0, 0.05) is 17.6 Å². The van der Waals surface area contributed by atoms with Crippen LogP contribution in [0.1, 0.15) is 15.9 Å². The van der Waals surface area contributed by atoms with Crippen molar-refractivity contribution in [2.24, 2.45) is 0 Å². The second-order valence-electron chi connectivity index (χ2n) is 4.24. The molecule has 0 aliphatic carbocycles. The molecule has 2 rings (SSSR count). The Kier molecular flexibility index (Phi) is 4.39. The SMILES string of the molecule is O=C(O)c1ccc([N+](=O)[O-])c(NCc2ccccc2Cl)c1. The second-order valence-corrected chi connectivity index (χ2v) is 4.65. The molecule has 0 fully saturated rings. The maximum Gasteiger partial charge on any atom is 0.335 e. The van der Waals surface area contributed by atoms with Crippen molar-refractivity contribution in [2.75, 3.05) is 5.32 Å². The van der Waals surface area contributed by atoms with Gasteiger partial charge in [0.15, 0.2) is 0 Å². The maximum atomic E-state index is 11.0. The van der Waals surface area contributed by atoms with Gasteiger partial charge < -0.3 is 10.4 Å². The molecular weight excluding hydrogens is 296 g/mol. The summed E-state index contributed by atoms with van der Waals surface area (Å²) in [5, 5.41) is 23.3. The number of carboxylic acid groups (broad SMARTS) is 1. The highest BCUT2D eigenvalue weighted by molar-refractivity contribution is 6.31. The zero-order chi connectivity index (χ0) is 15.4. The molecule has 6 nitrogen and oxygen atoms in total. The average Bonchev–Trinajstić information content (AvgIpc) is 2.46. The summed E-state index contributed by atoms with van der Waals surface area (Å²) >= 11 is 6.01. The molecule has 2 N–H and O–H groups in total. The third-order valence-electron chi connectivity index (χ3n) is 2.87. The molecule has 2 aromatic carbocycles. The first-order chi connectivity index (χ1) is 9.99. The average molecular weight is 307 g/mol. The van der Waals surface area contributed by atoms with Crippen molar-refractivity contribution in [1.82, 2.24) is 0 Å². The lowest BCUT2D eigenvalue weighted by Gasteiger charge is -2.09. The van der Waals surface area contributed by atoms with E-state index < -0.39 is 10.9 Å². The summed E-state index contributed by atoms with van der Waals surface area (Å²) < 4.78 is 0. The van der Waals surface area contributed by atoms with E-state index in [1.807, 2.05) is 0 Å². The molecule has 7 heteroatoms. The quantitative estimate of drug-likeness (QED) is 0.651. The number of anilines is 1. The summed E-state index contributed by atoms with van der Waals surface area (Å²) in [5.41, 5.74) is 0.684. The zero-order valence-corrected chi connectivity index (χ0v) is 11.5.